The maximum Gasteiger partial charge on any atom is 0.150 e. The van der Waals surface area contributed by atoms with E-state index in [4.69, 9.17) is 5.73 Å². The Morgan fingerprint density at radius 3 is 2.77 bits per heavy atom. The first-order valence-electron chi connectivity index (χ1n) is 4.66. The zero-order valence-corrected chi connectivity index (χ0v) is 9.11. The van der Waals surface area contributed by atoms with Crippen molar-refractivity contribution in [3.05, 3.63) is 11.6 Å². The Labute approximate surface area is 86.9 Å². The number of rotatable bonds is 2. The van der Waals surface area contributed by atoms with Crippen LogP contribution < -0.4 is 5.73 Å². The molecule has 1 aromatic heterocycles. The van der Waals surface area contributed by atoms with Crippen LogP contribution in [0.1, 0.15) is 25.7 Å². The van der Waals surface area contributed by atoms with Crippen LogP contribution in [0.25, 0.3) is 0 Å². The lowest BCUT2D eigenvalue weighted by molar-refractivity contribution is 0.451. The highest BCUT2D eigenvalue weighted by molar-refractivity contribution is 8.01. The molecule has 2 nitrogen and oxygen atoms in total. The van der Waals surface area contributed by atoms with Crippen molar-refractivity contribution >= 4 is 23.1 Å². The number of aromatic nitrogens is 1. The van der Waals surface area contributed by atoms with Gasteiger partial charge >= 0.3 is 0 Å². The highest BCUT2D eigenvalue weighted by Crippen LogP contribution is 2.33. The number of nitrogens with zero attached hydrogens (tertiary/aromatic N) is 1. The van der Waals surface area contributed by atoms with Crippen LogP contribution in [0, 0.1) is 0 Å². The van der Waals surface area contributed by atoms with E-state index < -0.39 is 0 Å². The van der Waals surface area contributed by atoms with Gasteiger partial charge in [-0.15, -0.1) is 11.3 Å². The fourth-order valence-electron chi connectivity index (χ4n) is 1.62. The SMILES string of the molecule is NC1CCC(Sc2nccs2)CC1. The lowest BCUT2D eigenvalue weighted by atomic mass is 9.96. The van der Waals surface area contributed by atoms with Crippen molar-refractivity contribution in [1.29, 1.82) is 0 Å². The van der Waals surface area contributed by atoms with E-state index >= 15 is 0 Å². The van der Waals surface area contributed by atoms with Gasteiger partial charge < -0.3 is 5.73 Å². The van der Waals surface area contributed by atoms with Crippen molar-refractivity contribution in [2.45, 2.75) is 41.3 Å². The molecule has 1 aromatic rings. The molecule has 2 N–H and O–H groups in total. The summed E-state index contributed by atoms with van der Waals surface area (Å²) in [5.41, 5.74) is 5.85. The van der Waals surface area contributed by atoms with E-state index in [1.165, 1.54) is 30.0 Å². The quantitative estimate of drug-likeness (QED) is 0.822. The van der Waals surface area contributed by atoms with E-state index in [1.807, 2.05) is 23.3 Å². The number of nitrogens with two attached hydrogens (primary N) is 1. The predicted octanol–water partition coefficient (Wildman–Crippen LogP) is 2.51. The normalized spacial score (nSPS) is 29.0. The van der Waals surface area contributed by atoms with E-state index in [0.717, 1.165) is 5.25 Å². The average molecular weight is 214 g/mol. The van der Waals surface area contributed by atoms with Crippen molar-refractivity contribution in [3.63, 3.8) is 0 Å². The van der Waals surface area contributed by atoms with Crippen LogP contribution in [-0.4, -0.2) is 16.3 Å². The summed E-state index contributed by atoms with van der Waals surface area (Å²) in [6.45, 7) is 0. The Hall–Kier alpha value is -0.0600. The van der Waals surface area contributed by atoms with Gasteiger partial charge in [-0.3, -0.25) is 0 Å². The van der Waals surface area contributed by atoms with Gasteiger partial charge in [0.1, 0.15) is 4.34 Å². The number of thioether (sulfide) groups is 1. The summed E-state index contributed by atoms with van der Waals surface area (Å²) in [5, 5.41) is 2.79. The molecule has 0 unspecified atom stereocenters. The second kappa shape index (κ2) is 4.44. The summed E-state index contributed by atoms with van der Waals surface area (Å²) in [4.78, 5) is 4.28. The van der Waals surface area contributed by atoms with Crippen LogP contribution in [0.2, 0.25) is 0 Å². The molecule has 0 radical (unpaired) electrons. The molecule has 1 saturated carbocycles. The van der Waals surface area contributed by atoms with Gasteiger partial charge in [0.25, 0.3) is 0 Å². The van der Waals surface area contributed by atoms with Crippen LogP contribution >= 0.6 is 23.1 Å². The largest absolute Gasteiger partial charge is 0.328 e. The molecule has 0 spiro atoms. The van der Waals surface area contributed by atoms with Gasteiger partial charge in [-0.05, 0) is 25.7 Å². The number of hydrogen-bond donors (Lipinski definition) is 1. The lowest BCUT2D eigenvalue weighted by Crippen LogP contribution is -2.27. The maximum atomic E-state index is 5.85. The molecule has 0 aliphatic heterocycles. The minimum atomic E-state index is 0.452. The van der Waals surface area contributed by atoms with Crippen LogP contribution in [0.5, 0.6) is 0 Å². The summed E-state index contributed by atoms with van der Waals surface area (Å²) in [6.07, 6.45) is 6.75. The van der Waals surface area contributed by atoms with Gasteiger partial charge in [0.15, 0.2) is 0 Å². The predicted molar refractivity (Wildman–Crippen MR) is 58.2 cm³/mol. The maximum absolute atomic E-state index is 5.85. The molecule has 13 heavy (non-hydrogen) atoms. The van der Waals surface area contributed by atoms with Crippen molar-refractivity contribution in [2.24, 2.45) is 5.73 Å². The fourth-order valence-corrected chi connectivity index (χ4v) is 3.69. The van der Waals surface area contributed by atoms with Crippen LogP contribution in [0.15, 0.2) is 15.9 Å². The molecule has 2 rings (SSSR count). The Kier molecular flexibility index (Phi) is 3.24. The third kappa shape index (κ3) is 2.69. The molecular weight excluding hydrogens is 200 g/mol. The molecule has 0 saturated heterocycles. The van der Waals surface area contributed by atoms with E-state index in [9.17, 15) is 0 Å². The average Bonchev–Trinajstić information content (AvgIpc) is 2.62. The van der Waals surface area contributed by atoms with Gasteiger partial charge in [0.2, 0.25) is 0 Å². The smallest absolute Gasteiger partial charge is 0.150 e. The van der Waals surface area contributed by atoms with Crippen molar-refractivity contribution in [3.8, 4) is 0 Å². The highest BCUT2D eigenvalue weighted by Gasteiger charge is 2.19. The van der Waals surface area contributed by atoms with Gasteiger partial charge in [0, 0.05) is 22.9 Å². The van der Waals surface area contributed by atoms with Crippen molar-refractivity contribution in [1.82, 2.24) is 4.98 Å². The van der Waals surface area contributed by atoms with Crippen molar-refractivity contribution < 1.29 is 0 Å². The molecule has 0 bridgehead atoms. The Morgan fingerprint density at radius 1 is 1.38 bits per heavy atom. The topological polar surface area (TPSA) is 38.9 Å². The molecular formula is C9H14N2S2. The molecule has 1 aliphatic carbocycles. The van der Waals surface area contributed by atoms with E-state index in [0.29, 0.717) is 6.04 Å². The summed E-state index contributed by atoms with van der Waals surface area (Å²) in [6, 6.07) is 0.452. The molecule has 0 aromatic carbocycles. The van der Waals surface area contributed by atoms with Crippen LogP contribution in [0.4, 0.5) is 0 Å². The molecule has 1 heterocycles. The molecule has 72 valence electrons. The number of hydrogen-bond acceptors (Lipinski definition) is 4. The molecule has 0 amide bonds. The standard InChI is InChI=1S/C9H14N2S2/c10-7-1-3-8(4-2-7)13-9-11-5-6-12-9/h5-8H,1-4,10H2. The monoisotopic (exact) mass is 214 g/mol. The summed E-state index contributed by atoms with van der Waals surface area (Å²) in [5.74, 6) is 0. The van der Waals surface area contributed by atoms with E-state index in [-0.39, 0.29) is 0 Å². The third-order valence-electron chi connectivity index (χ3n) is 2.40. The highest BCUT2D eigenvalue weighted by atomic mass is 32.2. The van der Waals surface area contributed by atoms with E-state index in [2.05, 4.69) is 4.98 Å². The Balaban J connectivity index is 1.83. The molecule has 4 heteroatoms. The number of thiazole rings is 1. The molecule has 0 atom stereocenters. The van der Waals surface area contributed by atoms with Crippen LogP contribution in [0.3, 0.4) is 0 Å². The van der Waals surface area contributed by atoms with Crippen LogP contribution in [-0.2, 0) is 0 Å². The zero-order valence-electron chi connectivity index (χ0n) is 7.48. The van der Waals surface area contributed by atoms with Gasteiger partial charge in [-0.1, -0.05) is 11.8 Å². The van der Waals surface area contributed by atoms with Gasteiger partial charge in [-0.25, -0.2) is 4.98 Å². The van der Waals surface area contributed by atoms with Gasteiger partial charge in [-0.2, -0.15) is 0 Å². The minimum absolute atomic E-state index is 0.452. The minimum Gasteiger partial charge on any atom is -0.328 e. The van der Waals surface area contributed by atoms with E-state index in [1.54, 1.807) is 11.3 Å². The second-order valence-electron chi connectivity index (χ2n) is 3.45. The fraction of sp³-hybridized carbons (Fsp3) is 0.667. The zero-order chi connectivity index (χ0) is 9.10. The first-order chi connectivity index (χ1) is 6.34. The first-order valence-corrected chi connectivity index (χ1v) is 6.42. The molecule has 1 aliphatic rings. The van der Waals surface area contributed by atoms with Gasteiger partial charge in [0.05, 0.1) is 0 Å². The Morgan fingerprint density at radius 2 is 2.15 bits per heavy atom. The van der Waals surface area contributed by atoms with Crippen molar-refractivity contribution in [2.75, 3.05) is 0 Å². The summed E-state index contributed by atoms with van der Waals surface area (Å²) in [7, 11) is 0. The third-order valence-corrected chi connectivity index (χ3v) is 4.65. The summed E-state index contributed by atoms with van der Waals surface area (Å²) >= 11 is 3.66. The second-order valence-corrected chi connectivity index (χ2v) is 5.89. The molecule has 1 fully saturated rings. The first kappa shape index (κ1) is 9.49. The lowest BCUT2D eigenvalue weighted by Gasteiger charge is -2.24. The Bertz CT molecular complexity index is 240. The summed E-state index contributed by atoms with van der Waals surface area (Å²) < 4.78 is 1.21.